The van der Waals surface area contributed by atoms with Crippen LogP contribution in [0.5, 0.6) is 11.5 Å². The quantitative estimate of drug-likeness (QED) is 0.817. The maximum Gasteiger partial charge on any atom is 0.409 e. The summed E-state index contributed by atoms with van der Waals surface area (Å²) in [5.41, 5.74) is 1.05. The van der Waals surface area contributed by atoms with E-state index in [2.05, 4.69) is 0 Å². The van der Waals surface area contributed by atoms with E-state index in [4.69, 9.17) is 9.47 Å². The zero-order valence-corrected chi connectivity index (χ0v) is 14.3. The lowest BCUT2D eigenvalue weighted by molar-refractivity contribution is -0.149. The fourth-order valence-corrected chi connectivity index (χ4v) is 3.17. The highest BCUT2D eigenvalue weighted by molar-refractivity contribution is 6.07. The van der Waals surface area contributed by atoms with E-state index in [1.807, 2.05) is 0 Å². The number of carbonyl (C=O) groups is 1. The summed E-state index contributed by atoms with van der Waals surface area (Å²) in [4.78, 5) is 13.8. The number of alkyl halides is 3. The van der Waals surface area contributed by atoms with Gasteiger partial charge in [-0.15, -0.1) is 0 Å². The van der Waals surface area contributed by atoms with Crippen LogP contribution in [0.15, 0.2) is 42.5 Å². The lowest BCUT2D eigenvalue weighted by atomic mass is 9.94. The maximum atomic E-state index is 13.6. The number of aryl methyl sites for hydroxylation is 1. The van der Waals surface area contributed by atoms with Crippen molar-refractivity contribution in [3.8, 4) is 11.5 Å². The number of ether oxygens (including phenoxy) is 2. The number of rotatable bonds is 3. The third-order valence-electron chi connectivity index (χ3n) is 4.46. The van der Waals surface area contributed by atoms with Crippen molar-refractivity contribution in [3.05, 3.63) is 53.6 Å². The average Bonchev–Trinajstić information content (AvgIpc) is 2.65. The van der Waals surface area contributed by atoms with Crippen LogP contribution in [0, 0.1) is 0 Å². The zero-order chi connectivity index (χ0) is 18.9. The van der Waals surface area contributed by atoms with Crippen LogP contribution in [0.1, 0.15) is 22.3 Å². The molecule has 1 unspecified atom stereocenters. The molecule has 1 atom stereocenters. The van der Waals surface area contributed by atoms with Crippen LogP contribution in [0.3, 0.4) is 0 Å². The van der Waals surface area contributed by atoms with Gasteiger partial charge in [-0.1, -0.05) is 6.07 Å². The van der Waals surface area contributed by atoms with Gasteiger partial charge in [0.05, 0.1) is 14.2 Å². The Kier molecular flexibility index (Phi) is 4.80. The molecule has 1 amide bonds. The van der Waals surface area contributed by atoms with Crippen molar-refractivity contribution < 1.29 is 27.4 Å². The van der Waals surface area contributed by atoms with Gasteiger partial charge in [0.25, 0.3) is 5.91 Å². The van der Waals surface area contributed by atoms with Crippen LogP contribution >= 0.6 is 0 Å². The Hall–Kier alpha value is -2.70. The molecule has 26 heavy (non-hydrogen) atoms. The van der Waals surface area contributed by atoms with Gasteiger partial charge in [-0.25, -0.2) is 0 Å². The number of hydrogen-bond acceptors (Lipinski definition) is 3. The monoisotopic (exact) mass is 365 g/mol. The first-order chi connectivity index (χ1) is 12.3. The van der Waals surface area contributed by atoms with Crippen molar-refractivity contribution in [2.45, 2.75) is 25.1 Å². The van der Waals surface area contributed by atoms with E-state index >= 15 is 0 Å². The fraction of sp³-hybridized carbons (Fsp3) is 0.316. The van der Waals surface area contributed by atoms with Crippen LogP contribution in [-0.2, 0) is 6.42 Å². The SMILES string of the molecule is COc1cccc(C(=O)N2c3ccc(OC)cc3CCC2C(F)(F)F)c1. The number of amides is 1. The molecule has 0 bridgehead atoms. The molecule has 0 fully saturated rings. The standard InChI is InChI=1S/C19H18F3NO3/c1-25-14-5-3-4-13(11-14)18(24)23-16-8-7-15(26-2)10-12(16)6-9-17(23)19(20,21)22/h3-5,7-8,10-11,17H,6,9H2,1-2H3. The van der Waals surface area contributed by atoms with Crippen molar-refractivity contribution in [3.63, 3.8) is 0 Å². The molecule has 0 saturated heterocycles. The second-order valence-electron chi connectivity index (χ2n) is 6.00. The highest BCUT2D eigenvalue weighted by Crippen LogP contribution is 2.40. The molecule has 0 aromatic heterocycles. The number of halogens is 3. The molecule has 3 rings (SSSR count). The van der Waals surface area contributed by atoms with Gasteiger partial charge in [0.2, 0.25) is 0 Å². The number of anilines is 1. The number of fused-ring (bicyclic) bond motifs is 1. The summed E-state index contributed by atoms with van der Waals surface area (Å²) in [5, 5.41) is 0. The lowest BCUT2D eigenvalue weighted by Gasteiger charge is -2.38. The summed E-state index contributed by atoms with van der Waals surface area (Å²) >= 11 is 0. The Bertz CT molecular complexity index is 820. The molecule has 7 heteroatoms. The van der Waals surface area contributed by atoms with Gasteiger partial charge in [0.15, 0.2) is 0 Å². The van der Waals surface area contributed by atoms with E-state index in [-0.39, 0.29) is 24.1 Å². The molecule has 1 aliphatic rings. The van der Waals surface area contributed by atoms with Crippen molar-refractivity contribution in [1.82, 2.24) is 0 Å². The first kappa shape index (κ1) is 18.1. The molecule has 2 aromatic rings. The Labute approximate surface area is 149 Å². The molecular formula is C19H18F3NO3. The second-order valence-corrected chi connectivity index (χ2v) is 6.00. The summed E-state index contributed by atoms with van der Waals surface area (Å²) in [6.45, 7) is 0. The number of hydrogen-bond donors (Lipinski definition) is 0. The molecule has 0 aliphatic carbocycles. The van der Waals surface area contributed by atoms with Crippen LogP contribution in [0.2, 0.25) is 0 Å². The minimum absolute atomic E-state index is 0.141. The molecule has 138 valence electrons. The van der Waals surface area contributed by atoms with Gasteiger partial charge >= 0.3 is 6.18 Å². The van der Waals surface area contributed by atoms with Gasteiger partial charge < -0.3 is 9.47 Å². The highest BCUT2D eigenvalue weighted by atomic mass is 19.4. The van der Waals surface area contributed by atoms with E-state index in [1.165, 1.54) is 32.4 Å². The van der Waals surface area contributed by atoms with E-state index in [0.717, 1.165) is 4.90 Å². The topological polar surface area (TPSA) is 38.8 Å². The van der Waals surface area contributed by atoms with E-state index in [9.17, 15) is 18.0 Å². The first-order valence-electron chi connectivity index (χ1n) is 8.06. The summed E-state index contributed by atoms with van der Waals surface area (Å²) in [6.07, 6.45) is -4.50. The van der Waals surface area contributed by atoms with Gasteiger partial charge in [0, 0.05) is 11.3 Å². The number of methoxy groups -OCH3 is 2. The molecule has 0 N–H and O–H groups in total. The molecule has 0 spiro atoms. The smallest absolute Gasteiger partial charge is 0.409 e. The third kappa shape index (κ3) is 3.34. The first-order valence-corrected chi connectivity index (χ1v) is 8.06. The summed E-state index contributed by atoms with van der Waals surface area (Å²) in [5.74, 6) is 0.242. The fourth-order valence-electron chi connectivity index (χ4n) is 3.17. The third-order valence-corrected chi connectivity index (χ3v) is 4.46. The Morgan fingerprint density at radius 1 is 1.08 bits per heavy atom. The molecular weight excluding hydrogens is 347 g/mol. The maximum absolute atomic E-state index is 13.6. The largest absolute Gasteiger partial charge is 0.497 e. The van der Waals surface area contributed by atoms with Crippen molar-refractivity contribution in [1.29, 1.82) is 0 Å². The molecule has 0 saturated carbocycles. The Morgan fingerprint density at radius 3 is 2.42 bits per heavy atom. The predicted octanol–water partition coefficient (Wildman–Crippen LogP) is 4.23. The zero-order valence-electron chi connectivity index (χ0n) is 14.3. The van der Waals surface area contributed by atoms with Gasteiger partial charge in [-0.3, -0.25) is 9.69 Å². The van der Waals surface area contributed by atoms with E-state index in [1.54, 1.807) is 24.3 Å². The summed E-state index contributed by atoms with van der Waals surface area (Å²) < 4.78 is 51.0. The molecule has 1 aliphatic heterocycles. The van der Waals surface area contributed by atoms with Crippen molar-refractivity contribution in [2.24, 2.45) is 0 Å². The normalized spacial score (nSPS) is 16.8. The Balaban J connectivity index is 2.08. The van der Waals surface area contributed by atoms with Crippen LogP contribution in [-0.4, -0.2) is 32.3 Å². The predicted molar refractivity (Wildman–Crippen MR) is 91.0 cm³/mol. The van der Waals surface area contributed by atoms with Crippen LogP contribution in [0.25, 0.3) is 0 Å². The summed E-state index contributed by atoms with van der Waals surface area (Å²) in [6, 6.07) is 8.99. The highest BCUT2D eigenvalue weighted by Gasteiger charge is 2.48. The Morgan fingerprint density at radius 2 is 1.77 bits per heavy atom. The summed E-state index contributed by atoms with van der Waals surface area (Å²) in [7, 11) is 2.92. The van der Waals surface area contributed by atoms with Crippen LogP contribution in [0.4, 0.5) is 18.9 Å². The lowest BCUT2D eigenvalue weighted by Crippen LogP contribution is -2.51. The number of benzene rings is 2. The van der Waals surface area contributed by atoms with Gasteiger partial charge in [-0.05, 0) is 54.8 Å². The minimum Gasteiger partial charge on any atom is -0.497 e. The molecule has 0 radical (unpaired) electrons. The average molecular weight is 365 g/mol. The second kappa shape index (κ2) is 6.90. The van der Waals surface area contributed by atoms with Crippen molar-refractivity contribution in [2.75, 3.05) is 19.1 Å². The van der Waals surface area contributed by atoms with E-state index < -0.39 is 18.1 Å². The minimum atomic E-state index is -4.52. The van der Waals surface area contributed by atoms with Crippen molar-refractivity contribution >= 4 is 11.6 Å². The van der Waals surface area contributed by atoms with Gasteiger partial charge in [0.1, 0.15) is 17.5 Å². The molecule has 4 nitrogen and oxygen atoms in total. The molecule has 2 aromatic carbocycles. The number of nitrogens with zero attached hydrogens (tertiary/aromatic N) is 1. The molecule has 1 heterocycles. The van der Waals surface area contributed by atoms with Crippen LogP contribution < -0.4 is 14.4 Å². The van der Waals surface area contributed by atoms with E-state index in [0.29, 0.717) is 17.1 Å². The van der Waals surface area contributed by atoms with Gasteiger partial charge in [-0.2, -0.15) is 13.2 Å². The number of carbonyl (C=O) groups excluding carboxylic acids is 1.